The highest BCUT2D eigenvalue weighted by atomic mass is 35.5. The van der Waals surface area contributed by atoms with Crippen molar-refractivity contribution < 1.29 is 0 Å². The summed E-state index contributed by atoms with van der Waals surface area (Å²) in [4.78, 5) is 10.9. The van der Waals surface area contributed by atoms with Crippen LogP contribution in [0.2, 0.25) is 5.15 Å². The fourth-order valence-corrected chi connectivity index (χ4v) is 2.24. The minimum atomic E-state index is 0.458. The van der Waals surface area contributed by atoms with Gasteiger partial charge in [-0.25, -0.2) is 9.97 Å². The van der Waals surface area contributed by atoms with Crippen LogP contribution in [0.5, 0.6) is 0 Å². The lowest BCUT2D eigenvalue weighted by Gasteiger charge is -2.20. The van der Waals surface area contributed by atoms with Crippen LogP contribution in [0.1, 0.15) is 22.5 Å². The van der Waals surface area contributed by atoms with Gasteiger partial charge in [0.25, 0.3) is 0 Å². The van der Waals surface area contributed by atoms with E-state index in [1.807, 2.05) is 37.9 Å². The van der Waals surface area contributed by atoms with Crippen molar-refractivity contribution in [1.82, 2.24) is 9.97 Å². The molecule has 0 aliphatic heterocycles. The molecule has 1 aromatic heterocycles. The van der Waals surface area contributed by atoms with Crippen LogP contribution in [0.4, 0.5) is 5.82 Å². The summed E-state index contributed by atoms with van der Waals surface area (Å²) >= 11 is 6.19. The summed E-state index contributed by atoms with van der Waals surface area (Å²) in [5, 5.41) is 0.458. The predicted octanol–water partition coefficient (Wildman–Crippen LogP) is 3.69. The molecule has 1 heterocycles. The van der Waals surface area contributed by atoms with Crippen LogP contribution in [0, 0.1) is 20.8 Å². The number of aromatic nitrogens is 2. The van der Waals surface area contributed by atoms with Crippen LogP contribution in [0.25, 0.3) is 0 Å². The molecule has 2 aromatic rings. The molecule has 100 valence electrons. The third kappa shape index (κ3) is 3.04. The van der Waals surface area contributed by atoms with E-state index in [0.29, 0.717) is 5.15 Å². The summed E-state index contributed by atoms with van der Waals surface area (Å²) in [5.41, 5.74) is 4.32. The molecule has 4 heteroatoms. The molecule has 19 heavy (non-hydrogen) atoms. The van der Waals surface area contributed by atoms with Gasteiger partial charge in [-0.2, -0.15) is 0 Å². The Labute approximate surface area is 119 Å². The van der Waals surface area contributed by atoms with Gasteiger partial charge in [-0.05, 0) is 31.9 Å². The molecule has 0 atom stereocenters. The third-order valence-electron chi connectivity index (χ3n) is 3.28. The molecule has 0 fully saturated rings. The highest BCUT2D eigenvalue weighted by Gasteiger charge is 2.12. The van der Waals surface area contributed by atoms with Crippen molar-refractivity contribution >= 4 is 17.4 Å². The number of halogens is 1. The van der Waals surface area contributed by atoms with Crippen molar-refractivity contribution in [3.05, 3.63) is 51.9 Å². The largest absolute Gasteiger partial charge is 0.353 e. The Balaban J connectivity index is 2.28. The molecule has 0 saturated heterocycles. The van der Waals surface area contributed by atoms with Crippen LogP contribution in [0.15, 0.2) is 24.3 Å². The van der Waals surface area contributed by atoms with Gasteiger partial charge in [0.1, 0.15) is 0 Å². The highest BCUT2D eigenvalue weighted by molar-refractivity contribution is 6.31. The van der Waals surface area contributed by atoms with Gasteiger partial charge < -0.3 is 4.90 Å². The molecular formula is C15H18ClN3. The molecule has 0 unspecified atom stereocenters. The number of anilines is 1. The first-order valence-electron chi connectivity index (χ1n) is 6.25. The molecule has 0 N–H and O–H groups in total. The van der Waals surface area contributed by atoms with E-state index in [1.54, 1.807) is 0 Å². The summed E-state index contributed by atoms with van der Waals surface area (Å²) in [5.74, 6) is 0.730. The molecule has 2 rings (SSSR count). The Kier molecular flexibility index (Phi) is 4.05. The first-order valence-corrected chi connectivity index (χ1v) is 6.63. The fourth-order valence-electron chi connectivity index (χ4n) is 1.92. The standard InChI is InChI=1S/C15H18ClN3/c1-10-7-5-6-8-13(10)9-19(4)15-14(16)17-11(2)12(3)18-15/h5-8H,9H2,1-4H3. The van der Waals surface area contributed by atoms with Gasteiger partial charge in [0, 0.05) is 13.6 Å². The lowest BCUT2D eigenvalue weighted by atomic mass is 10.1. The van der Waals surface area contributed by atoms with Gasteiger partial charge in [0.05, 0.1) is 11.4 Å². The number of nitrogens with zero attached hydrogens (tertiary/aromatic N) is 3. The Morgan fingerprint density at radius 3 is 2.37 bits per heavy atom. The van der Waals surface area contributed by atoms with E-state index in [-0.39, 0.29) is 0 Å². The molecule has 1 aromatic carbocycles. The van der Waals surface area contributed by atoms with Crippen molar-refractivity contribution in [3.8, 4) is 0 Å². The van der Waals surface area contributed by atoms with Crippen molar-refractivity contribution in [2.75, 3.05) is 11.9 Å². The molecule has 0 spiro atoms. The van der Waals surface area contributed by atoms with Crippen molar-refractivity contribution in [3.63, 3.8) is 0 Å². The van der Waals surface area contributed by atoms with E-state index in [1.165, 1.54) is 11.1 Å². The number of benzene rings is 1. The second kappa shape index (κ2) is 5.57. The summed E-state index contributed by atoms with van der Waals surface area (Å²) in [6, 6.07) is 8.32. The maximum atomic E-state index is 6.19. The van der Waals surface area contributed by atoms with E-state index in [4.69, 9.17) is 11.6 Å². The number of rotatable bonds is 3. The molecule has 0 saturated carbocycles. The predicted molar refractivity (Wildman–Crippen MR) is 79.8 cm³/mol. The van der Waals surface area contributed by atoms with Crippen molar-refractivity contribution in [2.45, 2.75) is 27.3 Å². The van der Waals surface area contributed by atoms with Crippen LogP contribution in [-0.4, -0.2) is 17.0 Å². The number of aryl methyl sites for hydroxylation is 3. The van der Waals surface area contributed by atoms with Gasteiger partial charge in [0.2, 0.25) is 0 Å². The first kappa shape index (κ1) is 13.8. The smallest absolute Gasteiger partial charge is 0.171 e. The molecular weight excluding hydrogens is 258 g/mol. The molecule has 0 radical (unpaired) electrons. The van der Waals surface area contributed by atoms with Crippen molar-refractivity contribution in [2.24, 2.45) is 0 Å². The molecule has 0 bridgehead atoms. The van der Waals surface area contributed by atoms with E-state index >= 15 is 0 Å². The second-order valence-corrected chi connectivity index (χ2v) is 5.15. The normalized spacial score (nSPS) is 10.6. The lowest BCUT2D eigenvalue weighted by Crippen LogP contribution is -2.20. The Hall–Kier alpha value is -1.61. The average molecular weight is 276 g/mol. The minimum absolute atomic E-state index is 0.458. The second-order valence-electron chi connectivity index (χ2n) is 4.79. The van der Waals surface area contributed by atoms with Gasteiger partial charge in [0.15, 0.2) is 11.0 Å². The zero-order chi connectivity index (χ0) is 14.0. The summed E-state index contributed by atoms with van der Waals surface area (Å²) in [6.07, 6.45) is 0. The van der Waals surface area contributed by atoms with Gasteiger partial charge in [-0.3, -0.25) is 0 Å². The topological polar surface area (TPSA) is 29.0 Å². The maximum Gasteiger partial charge on any atom is 0.171 e. The third-order valence-corrected chi connectivity index (χ3v) is 3.53. The Morgan fingerprint density at radius 1 is 1.05 bits per heavy atom. The minimum Gasteiger partial charge on any atom is -0.353 e. The van der Waals surface area contributed by atoms with E-state index in [9.17, 15) is 0 Å². The molecule has 0 aliphatic rings. The van der Waals surface area contributed by atoms with Gasteiger partial charge in [-0.1, -0.05) is 35.9 Å². The fraction of sp³-hybridized carbons (Fsp3) is 0.333. The molecule has 0 amide bonds. The van der Waals surface area contributed by atoms with Crippen molar-refractivity contribution in [1.29, 1.82) is 0 Å². The first-order chi connectivity index (χ1) is 8.99. The quantitative estimate of drug-likeness (QED) is 0.855. The van der Waals surface area contributed by atoms with E-state index < -0.39 is 0 Å². The zero-order valence-corrected chi connectivity index (χ0v) is 12.5. The van der Waals surface area contributed by atoms with Crippen LogP contribution in [0.3, 0.4) is 0 Å². The van der Waals surface area contributed by atoms with Gasteiger partial charge >= 0.3 is 0 Å². The average Bonchev–Trinajstić information content (AvgIpc) is 2.36. The van der Waals surface area contributed by atoms with E-state index in [0.717, 1.165) is 23.8 Å². The van der Waals surface area contributed by atoms with Crippen LogP contribution < -0.4 is 4.90 Å². The number of hydrogen-bond donors (Lipinski definition) is 0. The zero-order valence-electron chi connectivity index (χ0n) is 11.7. The van der Waals surface area contributed by atoms with Crippen LogP contribution in [-0.2, 0) is 6.54 Å². The molecule has 3 nitrogen and oxygen atoms in total. The monoisotopic (exact) mass is 275 g/mol. The summed E-state index contributed by atoms with van der Waals surface area (Å²) in [7, 11) is 1.98. The highest BCUT2D eigenvalue weighted by Crippen LogP contribution is 2.23. The van der Waals surface area contributed by atoms with E-state index in [2.05, 4.69) is 29.0 Å². The lowest BCUT2D eigenvalue weighted by molar-refractivity contribution is 0.870. The Morgan fingerprint density at radius 2 is 1.68 bits per heavy atom. The van der Waals surface area contributed by atoms with Crippen LogP contribution >= 0.6 is 11.6 Å². The van der Waals surface area contributed by atoms with Gasteiger partial charge in [-0.15, -0.1) is 0 Å². The SMILES string of the molecule is Cc1ccccc1CN(C)c1nc(C)c(C)nc1Cl. The summed E-state index contributed by atoms with van der Waals surface area (Å²) in [6.45, 7) is 6.74. The Bertz CT molecular complexity index is 596. The molecule has 0 aliphatic carbocycles. The number of hydrogen-bond acceptors (Lipinski definition) is 3. The summed E-state index contributed by atoms with van der Waals surface area (Å²) < 4.78 is 0. The maximum absolute atomic E-state index is 6.19.